The van der Waals surface area contributed by atoms with E-state index in [2.05, 4.69) is 13.8 Å². The summed E-state index contributed by atoms with van der Waals surface area (Å²) >= 11 is 0. The Hall–Kier alpha value is -0.140. The van der Waals surface area contributed by atoms with Gasteiger partial charge in [-0.25, -0.2) is 8.78 Å². The lowest BCUT2D eigenvalue weighted by molar-refractivity contribution is -0.0465. The van der Waals surface area contributed by atoms with Gasteiger partial charge in [-0.2, -0.15) is 0 Å². The first-order valence-corrected chi connectivity index (χ1v) is 5.16. The summed E-state index contributed by atoms with van der Waals surface area (Å²) in [6.45, 7) is 4.22. The molecule has 0 aliphatic heterocycles. The van der Waals surface area contributed by atoms with Crippen LogP contribution in [0.4, 0.5) is 8.78 Å². The molecule has 0 amide bonds. The van der Waals surface area contributed by atoms with E-state index in [0.29, 0.717) is 5.92 Å². The Balaban J connectivity index is 2.18. The highest BCUT2D eigenvalue weighted by Crippen LogP contribution is 2.38. The Bertz CT molecular complexity index is 139. The van der Waals surface area contributed by atoms with Crippen LogP contribution in [0.25, 0.3) is 0 Å². The smallest absolute Gasteiger partial charge is 0.207 e. The van der Waals surface area contributed by atoms with Crippen LogP contribution in [0.1, 0.15) is 52.4 Å². The lowest BCUT2D eigenvalue weighted by Gasteiger charge is -2.28. The SMILES string of the molecule is C[C](C)CCC1CCC(F)(F)CC1. The quantitative estimate of drug-likeness (QED) is 0.624. The minimum atomic E-state index is -2.36. The second kappa shape index (κ2) is 4.39. The second-order valence-corrected chi connectivity index (χ2v) is 4.55. The van der Waals surface area contributed by atoms with Gasteiger partial charge in [0, 0.05) is 12.8 Å². The van der Waals surface area contributed by atoms with Crippen molar-refractivity contribution in [2.24, 2.45) is 5.92 Å². The largest absolute Gasteiger partial charge is 0.248 e. The standard InChI is InChI=1S/C11H19F2/c1-9(2)3-4-10-5-7-11(12,13)8-6-10/h10H,3-8H2,1-2H3. The summed E-state index contributed by atoms with van der Waals surface area (Å²) < 4.78 is 25.5. The molecule has 0 unspecified atom stereocenters. The molecule has 0 spiro atoms. The first-order valence-electron chi connectivity index (χ1n) is 5.16. The third-order valence-corrected chi connectivity index (χ3v) is 2.89. The van der Waals surface area contributed by atoms with Crippen molar-refractivity contribution in [1.82, 2.24) is 0 Å². The summed E-state index contributed by atoms with van der Waals surface area (Å²) in [5.41, 5.74) is 0. The van der Waals surface area contributed by atoms with Gasteiger partial charge in [-0.1, -0.05) is 13.8 Å². The van der Waals surface area contributed by atoms with Crippen LogP contribution < -0.4 is 0 Å². The second-order valence-electron chi connectivity index (χ2n) is 4.55. The van der Waals surface area contributed by atoms with Gasteiger partial charge in [0.2, 0.25) is 5.92 Å². The zero-order valence-corrected chi connectivity index (χ0v) is 8.58. The Kier molecular flexibility index (Phi) is 3.69. The molecule has 1 aliphatic rings. The average molecular weight is 189 g/mol. The van der Waals surface area contributed by atoms with Crippen LogP contribution in [0.2, 0.25) is 0 Å². The molecule has 1 radical (unpaired) electrons. The molecular formula is C11H19F2. The van der Waals surface area contributed by atoms with Crippen molar-refractivity contribution < 1.29 is 8.78 Å². The van der Waals surface area contributed by atoms with Crippen LogP contribution in [0.3, 0.4) is 0 Å². The van der Waals surface area contributed by atoms with E-state index in [1.54, 1.807) is 0 Å². The highest BCUT2D eigenvalue weighted by atomic mass is 19.3. The fourth-order valence-electron chi connectivity index (χ4n) is 1.88. The molecule has 0 bridgehead atoms. The zero-order chi connectivity index (χ0) is 9.90. The number of halogens is 2. The van der Waals surface area contributed by atoms with Crippen molar-refractivity contribution in [3.05, 3.63) is 5.92 Å². The minimum Gasteiger partial charge on any atom is -0.207 e. The number of hydrogen-bond donors (Lipinski definition) is 0. The molecule has 0 aromatic carbocycles. The van der Waals surface area contributed by atoms with Crippen molar-refractivity contribution in [2.75, 3.05) is 0 Å². The Labute approximate surface area is 79.7 Å². The predicted octanol–water partition coefficient (Wildman–Crippen LogP) is 4.21. The Morgan fingerprint density at radius 1 is 1.23 bits per heavy atom. The van der Waals surface area contributed by atoms with Gasteiger partial charge >= 0.3 is 0 Å². The van der Waals surface area contributed by atoms with E-state index < -0.39 is 5.92 Å². The van der Waals surface area contributed by atoms with Gasteiger partial charge in [-0.05, 0) is 37.5 Å². The van der Waals surface area contributed by atoms with E-state index in [4.69, 9.17) is 0 Å². The molecule has 0 heterocycles. The fraction of sp³-hybridized carbons (Fsp3) is 0.909. The summed E-state index contributed by atoms with van der Waals surface area (Å²) in [7, 11) is 0. The topological polar surface area (TPSA) is 0 Å². The number of rotatable bonds is 3. The monoisotopic (exact) mass is 189 g/mol. The van der Waals surface area contributed by atoms with E-state index in [1.165, 1.54) is 5.92 Å². The van der Waals surface area contributed by atoms with Crippen LogP contribution in [-0.4, -0.2) is 5.92 Å². The van der Waals surface area contributed by atoms with Crippen molar-refractivity contribution in [3.8, 4) is 0 Å². The van der Waals surface area contributed by atoms with Crippen molar-refractivity contribution in [3.63, 3.8) is 0 Å². The summed E-state index contributed by atoms with van der Waals surface area (Å²) in [4.78, 5) is 0. The van der Waals surface area contributed by atoms with E-state index in [0.717, 1.165) is 25.7 Å². The van der Waals surface area contributed by atoms with Gasteiger partial charge in [0.15, 0.2) is 0 Å². The van der Waals surface area contributed by atoms with Crippen LogP contribution in [-0.2, 0) is 0 Å². The fourth-order valence-corrected chi connectivity index (χ4v) is 1.88. The highest BCUT2D eigenvalue weighted by molar-refractivity contribution is 4.82. The normalized spacial score (nSPS) is 23.8. The van der Waals surface area contributed by atoms with Gasteiger partial charge in [-0.3, -0.25) is 0 Å². The summed E-state index contributed by atoms with van der Waals surface area (Å²) in [6.07, 6.45) is 3.88. The maximum Gasteiger partial charge on any atom is 0.248 e. The molecule has 0 atom stereocenters. The molecule has 0 N–H and O–H groups in total. The minimum absolute atomic E-state index is 0.112. The summed E-state index contributed by atoms with van der Waals surface area (Å²) in [6, 6.07) is 0. The van der Waals surface area contributed by atoms with Crippen LogP contribution in [0.5, 0.6) is 0 Å². The molecule has 2 heteroatoms. The molecule has 77 valence electrons. The first kappa shape index (κ1) is 10.9. The molecule has 0 aromatic heterocycles. The van der Waals surface area contributed by atoms with E-state index >= 15 is 0 Å². The molecule has 1 rings (SSSR count). The van der Waals surface area contributed by atoms with Crippen LogP contribution in [0, 0.1) is 11.8 Å². The van der Waals surface area contributed by atoms with Crippen molar-refractivity contribution >= 4 is 0 Å². The summed E-state index contributed by atoms with van der Waals surface area (Å²) in [5, 5.41) is 0. The van der Waals surface area contributed by atoms with Crippen LogP contribution >= 0.6 is 0 Å². The molecule has 0 nitrogen and oxygen atoms in total. The third-order valence-electron chi connectivity index (χ3n) is 2.89. The van der Waals surface area contributed by atoms with Gasteiger partial charge in [0.1, 0.15) is 0 Å². The van der Waals surface area contributed by atoms with E-state index in [1.807, 2.05) is 0 Å². The van der Waals surface area contributed by atoms with Gasteiger partial charge < -0.3 is 0 Å². The lowest BCUT2D eigenvalue weighted by atomic mass is 9.83. The molecule has 13 heavy (non-hydrogen) atoms. The summed E-state index contributed by atoms with van der Waals surface area (Å²) in [5.74, 6) is -0.395. The van der Waals surface area contributed by atoms with Crippen molar-refractivity contribution in [1.29, 1.82) is 0 Å². The van der Waals surface area contributed by atoms with Gasteiger partial charge in [0.25, 0.3) is 0 Å². The van der Waals surface area contributed by atoms with E-state index in [9.17, 15) is 8.78 Å². The molecule has 1 saturated carbocycles. The van der Waals surface area contributed by atoms with Gasteiger partial charge in [0.05, 0.1) is 0 Å². The molecule has 0 aromatic rings. The predicted molar refractivity (Wildman–Crippen MR) is 50.7 cm³/mol. The average Bonchev–Trinajstić information content (AvgIpc) is 2.02. The van der Waals surface area contributed by atoms with Gasteiger partial charge in [-0.15, -0.1) is 0 Å². The Morgan fingerprint density at radius 2 is 1.77 bits per heavy atom. The maximum atomic E-state index is 12.8. The highest BCUT2D eigenvalue weighted by Gasteiger charge is 2.34. The third kappa shape index (κ3) is 4.06. The molecule has 1 aliphatic carbocycles. The maximum absolute atomic E-state index is 12.8. The van der Waals surface area contributed by atoms with Crippen LogP contribution in [0.15, 0.2) is 0 Å². The Morgan fingerprint density at radius 3 is 2.23 bits per heavy atom. The molecular weight excluding hydrogens is 170 g/mol. The lowest BCUT2D eigenvalue weighted by Crippen LogP contribution is -2.24. The number of alkyl halides is 2. The molecule has 1 fully saturated rings. The first-order chi connectivity index (χ1) is 5.99. The van der Waals surface area contributed by atoms with E-state index in [-0.39, 0.29) is 12.8 Å². The molecule has 0 saturated heterocycles. The number of hydrogen-bond acceptors (Lipinski definition) is 0. The zero-order valence-electron chi connectivity index (χ0n) is 8.58. The van der Waals surface area contributed by atoms with Crippen molar-refractivity contribution in [2.45, 2.75) is 58.3 Å².